The second kappa shape index (κ2) is 11.0. The van der Waals surface area contributed by atoms with Crippen molar-refractivity contribution in [3.8, 4) is 5.75 Å². The lowest BCUT2D eigenvalue weighted by Crippen LogP contribution is -2.35. The Hall–Kier alpha value is -3.31. The molecule has 4 atom stereocenters. The van der Waals surface area contributed by atoms with Gasteiger partial charge in [-0.15, -0.1) is 0 Å². The summed E-state index contributed by atoms with van der Waals surface area (Å²) in [6, 6.07) is 4.97. The molecule has 0 aliphatic carbocycles. The molecule has 0 fully saturated rings. The minimum Gasteiger partial charge on any atom is -0.468 e. The highest BCUT2D eigenvalue weighted by Crippen LogP contribution is 2.45. The van der Waals surface area contributed by atoms with E-state index in [0.717, 1.165) is 0 Å². The van der Waals surface area contributed by atoms with E-state index in [-0.39, 0.29) is 18.1 Å². The van der Waals surface area contributed by atoms with Gasteiger partial charge in [-0.1, -0.05) is 18.2 Å². The summed E-state index contributed by atoms with van der Waals surface area (Å²) in [6.45, 7) is 4.08. The highest BCUT2D eigenvalue weighted by molar-refractivity contribution is 7.52. The van der Waals surface area contributed by atoms with Crippen LogP contribution in [0.4, 0.5) is 0 Å². The average molecular weight is 507 g/mol. The Labute approximate surface area is 200 Å². The molecule has 1 aromatic heterocycles. The van der Waals surface area contributed by atoms with Crippen LogP contribution in [-0.4, -0.2) is 47.2 Å². The van der Waals surface area contributed by atoms with Crippen molar-refractivity contribution < 1.29 is 32.7 Å². The van der Waals surface area contributed by atoms with Crippen molar-refractivity contribution in [2.45, 2.75) is 39.1 Å². The molecule has 1 aromatic carbocycles. The van der Waals surface area contributed by atoms with Gasteiger partial charge in [-0.05, 0) is 39.0 Å². The van der Waals surface area contributed by atoms with Gasteiger partial charge in [0, 0.05) is 17.3 Å². The summed E-state index contributed by atoms with van der Waals surface area (Å²) >= 11 is 0. The molecule has 0 saturated carbocycles. The molecule has 2 unspecified atom stereocenters. The van der Waals surface area contributed by atoms with E-state index in [0.29, 0.717) is 11.1 Å². The molecule has 0 amide bonds. The van der Waals surface area contributed by atoms with E-state index >= 15 is 0 Å². The second-order valence-electron chi connectivity index (χ2n) is 7.77. The van der Waals surface area contributed by atoms with Gasteiger partial charge in [-0.2, -0.15) is 5.09 Å². The number of ketones is 1. The first-order valence-electron chi connectivity index (χ1n) is 10.6. The van der Waals surface area contributed by atoms with Gasteiger partial charge in [0.25, 0.3) is 5.56 Å². The minimum absolute atomic E-state index is 0.0848. The quantitative estimate of drug-likeness (QED) is 0.211. The zero-order valence-corrected chi connectivity index (χ0v) is 20.4. The lowest BCUT2D eigenvalue weighted by atomic mass is 10.1. The number of aryl methyl sites for hydroxylation is 1. The van der Waals surface area contributed by atoms with E-state index in [2.05, 4.69) is 14.8 Å². The number of carbonyl (C=O) groups excluding carboxylic acids is 2. The molecule has 2 aromatic rings. The smallest absolute Gasteiger partial charge is 0.459 e. The fourth-order valence-electron chi connectivity index (χ4n) is 3.16. The van der Waals surface area contributed by atoms with E-state index in [4.69, 9.17) is 13.8 Å². The zero-order chi connectivity index (χ0) is 25.8. The molecule has 188 valence electrons. The Bertz CT molecular complexity index is 1300. The number of hydrogen-bond acceptors (Lipinski definition) is 9. The number of benzene rings is 1. The SMILES string of the molecule is COC(=O)C(C)NP(=O)(OC[C@@H]1C=C[C@H](n2cc(C)c(=O)[nH]c2=O)O1)Oc1cccc(C(C)=O)c1. The second-order valence-corrected chi connectivity index (χ2v) is 9.47. The Morgan fingerprint density at radius 2 is 2.03 bits per heavy atom. The summed E-state index contributed by atoms with van der Waals surface area (Å²) in [5.41, 5.74) is -0.481. The number of aromatic amines is 1. The maximum absolute atomic E-state index is 13.5. The standard InChI is InChI=1S/C22H26N3O9P/c1-13-11-25(22(29)23-20(13)27)19-9-8-18(33-19)12-32-35(30,24-14(2)21(28)31-4)34-17-7-5-6-16(10-17)15(3)26/h5-11,14,18-19H,12H2,1-4H3,(H,24,30)(H,23,27,29)/t14?,18-,19+,35?/m0/s1. The zero-order valence-electron chi connectivity index (χ0n) is 19.5. The Morgan fingerprint density at radius 1 is 1.29 bits per heavy atom. The van der Waals surface area contributed by atoms with E-state index < -0.39 is 43.3 Å². The largest absolute Gasteiger partial charge is 0.468 e. The molecule has 1 aliphatic heterocycles. The number of methoxy groups -OCH3 is 1. The third-order valence-corrected chi connectivity index (χ3v) is 6.65. The van der Waals surface area contributed by atoms with Gasteiger partial charge in [0.15, 0.2) is 12.0 Å². The molecule has 13 heteroatoms. The van der Waals surface area contributed by atoms with Crippen LogP contribution in [0.2, 0.25) is 0 Å². The molecule has 0 spiro atoms. The number of carbonyl (C=O) groups is 2. The minimum atomic E-state index is -4.17. The van der Waals surface area contributed by atoms with Crippen molar-refractivity contribution in [2.75, 3.05) is 13.7 Å². The summed E-state index contributed by atoms with van der Waals surface area (Å²) in [4.78, 5) is 49.5. The number of nitrogens with zero attached hydrogens (tertiary/aromatic N) is 1. The Kier molecular flexibility index (Phi) is 8.23. The van der Waals surface area contributed by atoms with Crippen molar-refractivity contribution in [3.05, 3.63) is 74.6 Å². The predicted octanol–water partition coefficient (Wildman–Crippen LogP) is 1.86. The fraction of sp³-hybridized carbons (Fsp3) is 0.364. The summed E-state index contributed by atoms with van der Waals surface area (Å²) < 4.78 is 36.2. The van der Waals surface area contributed by atoms with Crippen LogP contribution >= 0.6 is 7.75 Å². The summed E-state index contributed by atoms with van der Waals surface area (Å²) in [7, 11) is -2.99. The van der Waals surface area contributed by atoms with Crippen LogP contribution < -0.4 is 20.9 Å². The van der Waals surface area contributed by atoms with Crippen molar-refractivity contribution in [1.82, 2.24) is 14.6 Å². The van der Waals surface area contributed by atoms with Gasteiger partial charge in [-0.25, -0.2) is 9.36 Å². The topological polar surface area (TPSA) is 155 Å². The van der Waals surface area contributed by atoms with Gasteiger partial charge in [-0.3, -0.25) is 28.5 Å². The first-order valence-corrected chi connectivity index (χ1v) is 12.1. The third kappa shape index (κ3) is 6.64. The van der Waals surface area contributed by atoms with Gasteiger partial charge in [0.2, 0.25) is 0 Å². The normalized spacial score (nSPS) is 19.7. The number of nitrogens with one attached hydrogen (secondary N) is 2. The molecule has 0 bridgehead atoms. The molecule has 2 heterocycles. The number of rotatable bonds is 10. The van der Waals surface area contributed by atoms with Gasteiger partial charge < -0.3 is 14.0 Å². The van der Waals surface area contributed by atoms with E-state index in [1.807, 2.05) is 0 Å². The van der Waals surface area contributed by atoms with Crippen LogP contribution in [-0.2, 0) is 23.4 Å². The molecule has 35 heavy (non-hydrogen) atoms. The van der Waals surface area contributed by atoms with Crippen LogP contribution in [0.3, 0.4) is 0 Å². The number of esters is 1. The monoisotopic (exact) mass is 507 g/mol. The van der Waals surface area contributed by atoms with E-state index in [1.165, 1.54) is 43.9 Å². The van der Waals surface area contributed by atoms with Gasteiger partial charge >= 0.3 is 19.4 Å². The summed E-state index contributed by atoms with van der Waals surface area (Å²) in [5, 5.41) is 2.51. The van der Waals surface area contributed by atoms with Crippen molar-refractivity contribution >= 4 is 19.5 Å². The highest BCUT2D eigenvalue weighted by atomic mass is 31.2. The molecular weight excluding hydrogens is 481 g/mol. The molecule has 3 rings (SSSR count). The van der Waals surface area contributed by atoms with Crippen LogP contribution in [0.1, 0.15) is 36.0 Å². The molecule has 1 aliphatic rings. The molecule has 0 saturated heterocycles. The van der Waals surface area contributed by atoms with Crippen LogP contribution in [0, 0.1) is 6.92 Å². The van der Waals surface area contributed by atoms with E-state index in [1.54, 1.807) is 31.2 Å². The fourth-order valence-corrected chi connectivity index (χ4v) is 4.65. The number of ether oxygens (including phenoxy) is 2. The number of H-pyrrole nitrogens is 1. The first kappa shape index (κ1) is 26.3. The average Bonchev–Trinajstić information content (AvgIpc) is 3.28. The molecule has 2 N–H and O–H groups in total. The molecular formula is C22H26N3O9P. The number of hydrogen-bond donors (Lipinski definition) is 2. The maximum Gasteiger partial charge on any atom is 0.459 e. The lowest BCUT2D eigenvalue weighted by molar-refractivity contribution is -0.142. The predicted molar refractivity (Wildman–Crippen MR) is 124 cm³/mol. The summed E-state index contributed by atoms with van der Waals surface area (Å²) in [5.74, 6) is -0.827. The number of Topliss-reactive ketones (excluding diaryl/α,β-unsaturated/α-hetero) is 1. The lowest BCUT2D eigenvalue weighted by Gasteiger charge is -2.24. The van der Waals surface area contributed by atoms with Gasteiger partial charge in [0.05, 0.1) is 13.7 Å². The third-order valence-electron chi connectivity index (χ3n) is 5.01. The van der Waals surface area contributed by atoms with Crippen LogP contribution in [0.25, 0.3) is 0 Å². The highest BCUT2D eigenvalue weighted by Gasteiger charge is 2.34. The molecule has 0 radical (unpaired) electrons. The maximum atomic E-state index is 13.5. The number of aromatic nitrogens is 2. The Morgan fingerprint density at radius 3 is 2.71 bits per heavy atom. The van der Waals surface area contributed by atoms with Gasteiger partial charge in [0.1, 0.15) is 17.9 Å². The van der Waals surface area contributed by atoms with Crippen LogP contribution in [0.15, 0.2) is 52.2 Å². The van der Waals surface area contributed by atoms with E-state index in [9.17, 15) is 23.7 Å². The summed E-state index contributed by atoms with van der Waals surface area (Å²) in [6.07, 6.45) is 3.01. The van der Waals surface area contributed by atoms with Crippen LogP contribution in [0.5, 0.6) is 5.75 Å². The Balaban J connectivity index is 1.74. The van der Waals surface area contributed by atoms with Crippen molar-refractivity contribution in [2.24, 2.45) is 0 Å². The van der Waals surface area contributed by atoms with Crippen molar-refractivity contribution in [1.29, 1.82) is 0 Å². The molecule has 12 nitrogen and oxygen atoms in total. The van der Waals surface area contributed by atoms with Crippen molar-refractivity contribution in [3.63, 3.8) is 0 Å². The first-order chi connectivity index (χ1) is 16.5.